The number of amidine groups is 1. The van der Waals surface area contributed by atoms with Crippen molar-refractivity contribution in [2.24, 2.45) is 4.99 Å². The Morgan fingerprint density at radius 1 is 1.04 bits per heavy atom. The number of aryl methyl sites for hydroxylation is 1. The molecule has 7 heteroatoms. The molecule has 0 bridgehead atoms. The second kappa shape index (κ2) is 6.98. The first-order valence-corrected chi connectivity index (χ1v) is 10.1. The number of hydrogen-bond donors (Lipinski definition) is 0. The van der Waals surface area contributed by atoms with Gasteiger partial charge in [0.1, 0.15) is 10.7 Å². The molecule has 27 heavy (non-hydrogen) atoms. The second-order valence-corrected chi connectivity index (χ2v) is 8.28. The molecule has 0 unspecified atom stereocenters. The Hall–Kier alpha value is -2.38. The lowest BCUT2D eigenvalue weighted by atomic mass is 10.2. The largest absolute Gasteiger partial charge is 0.497 e. The molecule has 1 fully saturated rings. The Balaban J connectivity index is 1.71. The molecule has 0 spiro atoms. The monoisotopic (exact) mass is 397 g/mol. The normalized spacial score (nSPS) is 20.6. The van der Waals surface area contributed by atoms with Crippen molar-refractivity contribution >= 4 is 46.0 Å². The second-order valence-electron chi connectivity index (χ2n) is 6.28. The van der Waals surface area contributed by atoms with Crippen LogP contribution in [-0.4, -0.2) is 37.2 Å². The Labute approximate surface area is 167 Å². The minimum absolute atomic E-state index is 0.0264. The van der Waals surface area contributed by atoms with Gasteiger partial charge in [0.25, 0.3) is 5.91 Å². The van der Waals surface area contributed by atoms with E-state index in [1.165, 1.54) is 11.8 Å². The van der Waals surface area contributed by atoms with Crippen molar-refractivity contribution in [3.05, 3.63) is 58.0 Å². The van der Waals surface area contributed by atoms with Gasteiger partial charge in [-0.05, 0) is 42.4 Å². The van der Waals surface area contributed by atoms with Gasteiger partial charge in [0.15, 0.2) is 5.17 Å². The molecule has 4 rings (SSSR count). The van der Waals surface area contributed by atoms with Crippen LogP contribution in [0, 0.1) is 6.92 Å². The van der Waals surface area contributed by atoms with Crippen LogP contribution in [0.3, 0.4) is 0 Å². The molecule has 5 nitrogen and oxygen atoms in total. The highest BCUT2D eigenvalue weighted by Gasteiger charge is 2.37. The topological polar surface area (TPSA) is 45.1 Å². The van der Waals surface area contributed by atoms with Gasteiger partial charge in [-0.3, -0.25) is 9.69 Å². The molecular formula is C20H19N3O2S2. The maximum absolute atomic E-state index is 12.9. The quantitative estimate of drug-likeness (QED) is 0.693. The fraction of sp³-hybridized carbons (Fsp3) is 0.200. The van der Waals surface area contributed by atoms with E-state index in [1.54, 1.807) is 30.8 Å². The van der Waals surface area contributed by atoms with Crippen LogP contribution in [0.15, 0.2) is 62.3 Å². The molecular weight excluding hydrogens is 378 g/mol. The van der Waals surface area contributed by atoms with Crippen molar-refractivity contribution in [3.8, 4) is 5.75 Å². The van der Waals surface area contributed by atoms with E-state index in [9.17, 15) is 4.79 Å². The molecule has 1 saturated heterocycles. The molecule has 0 aliphatic carbocycles. The van der Waals surface area contributed by atoms with Crippen LogP contribution in [0.25, 0.3) is 0 Å². The summed E-state index contributed by atoms with van der Waals surface area (Å²) in [4.78, 5) is 23.1. The number of carbonyl (C=O) groups excluding carboxylic acids is 1. The van der Waals surface area contributed by atoms with Gasteiger partial charge >= 0.3 is 0 Å². The summed E-state index contributed by atoms with van der Waals surface area (Å²) in [5, 5.41) is 1.62. The zero-order valence-corrected chi connectivity index (χ0v) is 17.1. The van der Waals surface area contributed by atoms with Crippen molar-refractivity contribution in [1.29, 1.82) is 0 Å². The van der Waals surface area contributed by atoms with E-state index in [1.807, 2.05) is 61.3 Å². The third-order valence-corrected chi connectivity index (χ3v) is 7.03. The van der Waals surface area contributed by atoms with Crippen molar-refractivity contribution in [2.45, 2.75) is 11.8 Å². The highest BCUT2D eigenvalue weighted by Crippen LogP contribution is 2.50. The first-order valence-electron chi connectivity index (χ1n) is 8.43. The summed E-state index contributed by atoms with van der Waals surface area (Å²) in [6.07, 6.45) is 0. The number of rotatable bonds is 2. The van der Waals surface area contributed by atoms with Crippen LogP contribution >= 0.6 is 23.5 Å². The molecule has 2 aromatic carbocycles. The zero-order chi connectivity index (χ0) is 19.1. The van der Waals surface area contributed by atoms with Gasteiger partial charge in [0, 0.05) is 25.1 Å². The number of thioether (sulfide) groups is 2. The molecule has 0 aromatic heterocycles. The van der Waals surface area contributed by atoms with Gasteiger partial charge in [-0.25, -0.2) is 4.99 Å². The predicted octanol–water partition coefficient (Wildman–Crippen LogP) is 4.61. The van der Waals surface area contributed by atoms with Gasteiger partial charge in [-0.15, -0.1) is 0 Å². The Kier molecular flexibility index (Phi) is 4.65. The number of para-hydroxylation sites is 1. The van der Waals surface area contributed by atoms with E-state index < -0.39 is 0 Å². The van der Waals surface area contributed by atoms with Crippen LogP contribution in [-0.2, 0) is 4.79 Å². The molecule has 2 aliphatic heterocycles. The Morgan fingerprint density at radius 2 is 1.81 bits per heavy atom. The molecule has 1 amide bonds. The smallest absolute Gasteiger partial charge is 0.269 e. The summed E-state index contributed by atoms with van der Waals surface area (Å²) in [6.45, 7) is 2.02. The lowest BCUT2D eigenvalue weighted by molar-refractivity contribution is -0.121. The number of likely N-dealkylation sites (N-methyl/N-ethyl adjacent to an activating group) is 1. The number of aliphatic imine (C=N–C) groups is 1. The minimum Gasteiger partial charge on any atom is -0.497 e. The summed E-state index contributed by atoms with van der Waals surface area (Å²) < 4.78 is 5.33. The number of nitrogens with zero attached hydrogens (tertiary/aromatic N) is 3. The van der Waals surface area contributed by atoms with Crippen LogP contribution in [0.1, 0.15) is 5.56 Å². The lowest BCUT2D eigenvalue weighted by Crippen LogP contribution is -2.24. The number of hydrogen-bond acceptors (Lipinski definition) is 6. The highest BCUT2D eigenvalue weighted by molar-refractivity contribution is 8.19. The summed E-state index contributed by atoms with van der Waals surface area (Å²) in [6, 6.07) is 13.9. The summed E-state index contributed by atoms with van der Waals surface area (Å²) in [7, 11) is 5.41. The fourth-order valence-electron chi connectivity index (χ4n) is 2.92. The van der Waals surface area contributed by atoms with E-state index in [0.717, 1.165) is 32.6 Å². The summed E-state index contributed by atoms with van der Waals surface area (Å²) in [5.41, 5.74) is 3.01. The number of fused-ring (bicyclic) bond motifs is 1. The summed E-state index contributed by atoms with van der Waals surface area (Å²) >= 11 is 3.03. The summed E-state index contributed by atoms with van der Waals surface area (Å²) in [5.74, 6) is 0.776. The Morgan fingerprint density at radius 3 is 2.56 bits per heavy atom. The van der Waals surface area contributed by atoms with E-state index >= 15 is 0 Å². The van der Waals surface area contributed by atoms with Crippen LogP contribution in [0.4, 0.5) is 11.4 Å². The number of benzene rings is 2. The van der Waals surface area contributed by atoms with Crippen molar-refractivity contribution in [2.75, 3.05) is 26.1 Å². The highest BCUT2D eigenvalue weighted by atomic mass is 32.2. The van der Waals surface area contributed by atoms with E-state index in [0.29, 0.717) is 10.1 Å². The lowest BCUT2D eigenvalue weighted by Gasteiger charge is -2.15. The Bertz CT molecular complexity index is 1000. The molecule has 0 radical (unpaired) electrons. The van der Waals surface area contributed by atoms with Crippen molar-refractivity contribution in [3.63, 3.8) is 0 Å². The standard InChI is InChI=1S/C20H19N3O2S2/c1-12-7-5-6-8-14(12)21-20-23(3)18(24)17(27-20)19-22(2)15-11-13(25-4)9-10-16(15)26-19/h5-11H,1-4H3. The number of ether oxygens (including phenoxy) is 1. The van der Waals surface area contributed by atoms with Gasteiger partial charge in [0.05, 0.1) is 23.5 Å². The molecule has 0 N–H and O–H groups in total. The maximum Gasteiger partial charge on any atom is 0.269 e. The van der Waals surface area contributed by atoms with Gasteiger partial charge < -0.3 is 9.64 Å². The average molecular weight is 398 g/mol. The maximum atomic E-state index is 12.9. The molecule has 0 saturated carbocycles. The predicted molar refractivity (Wildman–Crippen MR) is 113 cm³/mol. The van der Waals surface area contributed by atoms with E-state index in [2.05, 4.69) is 0 Å². The molecule has 2 heterocycles. The van der Waals surface area contributed by atoms with Gasteiger partial charge in [-0.2, -0.15) is 0 Å². The van der Waals surface area contributed by atoms with Gasteiger partial charge in [0.2, 0.25) is 0 Å². The first-order chi connectivity index (χ1) is 13.0. The minimum atomic E-state index is -0.0264. The fourth-order valence-corrected chi connectivity index (χ4v) is 5.23. The number of methoxy groups -OCH3 is 1. The van der Waals surface area contributed by atoms with E-state index in [-0.39, 0.29) is 5.91 Å². The average Bonchev–Trinajstić information content (AvgIpc) is 3.14. The number of anilines is 1. The van der Waals surface area contributed by atoms with Crippen LogP contribution in [0.2, 0.25) is 0 Å². The first kappa shape index (κ1) is 18.0. The SMILES string of the molecule is COc1ccc2c(c1)N(C)C(=C1SC(=Nc3ccccc3C)N(C)C1=O)S2. The third kappa shape index (κ3) is 3.11. The van der Waals surface area contributed by atoms with Crippen LogP contribution in [0.5, 0.6) is 5.75 Å². The zero-order valence-electron chi connectivity index (χ0n) is 15.5. The molecule has 138 valence electrons. The molecule has 2 aromatic rings. The van der Waals surface area contributed by atoms with Crippen molar-refractivity contribution < 1.29 is 9.53 Å². The van der Waals surface area contributed by atoms with Gasteiger partial charge in [-0.1, -0.05) is 30.0 Å². The van der Waals surface area contributed by atoms with Crippen molar-refractivity contribution in [1.82, 2.24) is 4.90 Å². The molecule has 2 aliphatic rings. The van der Waals surface area contributed by atoms with E-state index in [4.69, 9.17) is 9.73 Å². The number of carbonyl (C=O) groups is 1. The third-order valence-electron chi connectivity index (χ3n) is 4.54. The van der Waals surface area contributed by atoms with Crippen LogP contribution < -0.4 is 9.64 Å². The molecule has 0 atom stereocenters. The number of amides is 1.